The molecular weight excluding hydrogens is 419 g/mol. The van der Waals surface area contributed by atoms with Gasteiger partial charge in [0.1, 0.15) is 11.6 Å². The van der Waals surface area contributed by atoms with Gasteiger partial charge in [-0.25, -0.2) is 12.8 Å². The van der Waals surface area contributed by atoms with E-state index in [0.717, 1.165) is 35.4 Å². The summed E-state index contributed by atoms with van der Waals surface area (Å²) in [6, 6.07) is 10.6. The first-order chi connectivity index (χ1) is 14.8. The van der Waals surface area contributed by atoms with Crippen LogP contribution in [0.1, 0.15) is 43.4 Å². The molecule has 1 atom stereocenters. The van der Waals surface area contributed by atoms with E-state index in [-0.39, 0.29) is 35.9 Å². The Bertz CT molecular complexity index is 1020. The van der Waals surface area contributed by atoms with Crippen LogP contribution in [0.5, 0.6) is 5.75 Å². The van der Waals surface area contributed by atoms with Gasteiger partial charge in [0.2, 0.25) is 15.9 Å². The van der Waals surface area contributed by atoms with Crippen LogP contribution in [0, 0.1) is 18.7 Å². The normalized spacial score (nSPS) is 16.6. The zero-order valence-corrected chi connectivity index (χ0v) is 18.9. The number of ether oxygens (including phenoxy) is 1. The van der Waals surface area contributed by atoms with Gasteiger partial charge in [-0.2, -0.15) is 4.31 Å². The average Bonchev–Trinajstić information content (AvgIpc) is 2.77. The lowest BCUT2D eigenvalue weighted by Gasteiger charge is -2.31. The number of carbonyl (C=O) groups excluding carboxylic acids is 1. The minimum atomic E-state index is -3.69. The summed E-state index contributed by atoms with van der Waals surface area (Å²) >= 11 is 0. The lowest BCUT2D eigenvalue weighted by molar-refractivity contribution is -0.126. The maximum Gasteiger partial charge on any atom is 0.243 e. The molecule has 0 radical (unpaired) electrons. The Morgan fingerprint density at radius 3 is 2.39 bits per heavy atom. The molecule has 0 spiro atoms. The topological polar surface area (TPSA) is 75.7 Å². The summed E-state index contributed by atoms with van der Waals surface area (Å²) in [7, 11) is -2.06. The van der Waals surface area contributed by atoms with Crippen molar-refractivity contribution in [3.63, 3.8) is 0 Å². The Morgan fingerprint density at radius 1 is 1.19 bits per heavy atom. The predicted molar refractivity (Wildman–Crippen MR) is 117 cm³/mol. The summed E-state index contributed by atoms with van der Waals surface area (Å²) in [5.41, 5.74) is 2.03. The zero-order valence-electron chi connectivity index (χ0n) is 18.1. The number of nitrogens with zero attached hydrogens (tertiary/aromatic N) is 1. The summed E-state index contributed by atoms with van der Waals surface area (Å²) in [6.45, 7) is 4.50. The molecule has 0 aromatic heterocycles. The molecule has 6 nitrogen and oxygen atoms in total. The number of methoxy groups -OCH3 is 1. The Kier molecular flexibility index (Phi) is 7.33. The number of sulfonamides is 1. The highest BCUT2D eigenvalue weighted by atomic mass is 32.2. The van der Waals surface area contributed by atoms with E-state index in [1.165, 1.54) is 16.4 Å². The van der Waals surface area contributed by atoms with Gasteiger partial charge >= 0.3 is 0 Å². The van der Waals surface area contributed by atoms with E-state index in [0.29, 0.717) is 12.8 Å². The fourth-order valence-electron chi connectivity index (χ4n) is 3.94. The first-order valence-electron chi connectivity index (χ1n) is 10.5. The summed E-state index contributed by atoms with van der Waals surface area (Å²) in [5.74, 6) is 0.0266. The van der Waals surface area contributed by atoms with Crippen LogP contribution in [0.25, 0.3) is 0 Å². The quantitative estimate of drug-likeness (QED) is 0.699. The molecule has 1 N–H and O–H groups in total. The molecule has 8 heteroatoms. The van der Waals surface area contributed by atoms with Gasteiger partial charge in [-0.15, -0.1) is 0 Å². The zero-order chi connectivity index (χ0) is 22.6. The number of piperidine rings is 1. The van der Waals surface area contributed by atoms with Crippen LogP contribution in [-0.4, -0.2) is 38.8 Å². The van der Waals surface area contributed by atoms with Crippen LogP contribution >= 0.6 is 0 Å². The first kappa shape index (κ1) is 23.2. The average molecular weight is 449 g/mol. The van der Waals surface area contributed by atoms with Crippen molar-refractivity contribution in [1.29, 1.82) is 0 Å². The van der Waals surface area contributed by atoms with Crippen molar-refractivity contribution in [1.82, 2.24) is 9.62 Å². The molecule has 1 aliphatic rings. The van der Waals surface area contributed by atoms with Crippen molar-refractivity contribution in [2.45, 2.75) is 44.0 Å². The number of benzene rings is 2. The highest BCUT2D eigenvalue weighted by molar-refractivity contribution is 7.89. The van der Waals surface area contributed by atoms with Gasteiger partial charge in [0.15, 0.2) is 0 Å². The maximum atomic E-state index is 13.1. The van der Waals surface area contributed by atoms with Gasteiger partial charge in [-0.1, -0.05) is 19.1 Å². The summed E-state index contributed by atoms with van der Waals surface area (Å²) in [6.07, 6.45) is 1.64. The van der Waals surface area contributed by atoms with Gasteiger partial charge in [0.25, 0.3) is 0 Å². The molecule has 1 heterocycles. The predicted octanol–water partition coefficient (Wildman–Crippen LogP) is 3.81. The molecule has 2 aromatic carbocycles. The van der Waals surface area contributed by atoms with Gasteiger partial charge < -0.3 is 10.1 Å². The van der Waals surface area contributed by atoms with Crippen molar-refractivity contribution in [2.24, 2.45) is 5.92 Å². The second-order valence-corrected chi connectivity index (χ2v) is 9.77. The Balaban J connectivity index is 1.61. The molecule has 2 aromatic rings. The molecule has 1 saturated heterocycles. The third kappa shape index (κ3) is 5.25. The number of hydrogen-bond acceptors (Lipinski definition) is 4. The Morgan fingerprint density at radius 2 is 1.84 bits per heavy atom. The van der Waals surface area contributed by atoms with Crippen molar-refractivity contribution in [3.8, 4) is 5.75 Å². The van der Waals surface area contributed by atoms with E-state index in [4.69, 9.17) is 4.74 Å². The lowest BCUT2D eigenvalue weighted by atomic mass is 9.95. The fraction of sp³-hybridized carbons (Fsp3) is 0.435. The molecule has 3 rings (SSSR count). The molecule has 1 aliphatic heterocycles. The molecule has 0 saturated carbocycles. The summed E-state index contributed by atoms with van der Waals surface area (Å²) < 4.78 is 45.3. The maximum absolute atomic E-state index is 13.1. The SMILES string of the molecule is CC[C@H](NC(=O)C1CCN(S(=O)(=O)c2ccc(F)cc2)CC1)c1ccc(OC)c(C)c1. The number of rotatable bonds is 7. The van der Waals surface area contributed by atoms with E-state index < -0.39 is 15.8 Å². The highest BCUT2D eigenvalue weighted by Gasteiger charge is 2.32. The monoisotopic (exact) mass is 448 g/mol. The van der Waals surface area contributed by atoms with Crippen LogP contribution < -0.4 is 10.1 Å². The number of aryl methyl sites for hydroxylation is 1. The smallest absolute Gasteiger partial charge is 0.243 e. The third-order valence-electron chi connectivity index (χ3n) is 5.82. The molecule has 168 valence electrons. The second-order valence-electron chi connectivity index (χ2n) is 7.83. The van der Waals surface area contributed by atoms with E-state index in [1.54, 1.807) is 7.11 Å². The summed E-state index contributed by atoms with van der Waals surface area (Å²) in [4.78, 5) is 12.9. The van der Waals surface area contributed by atoms with E-state index in [2.05, 4.69) is 5.32 Å². The molecule has 0 bridgehead atoms. The van der Waals surface area contributed by atoms with E-state index in [9.17, 15) is 17.6 Å². The van der Waals surface area contributed by atoms with Crippen molar-refractivity contribution in [2.75, 3.05) is 20.2 Å². The van der Waals surface area contributed by atoms with Gasteiger partial charge in [0.05, 0.1) is 18.0 Å². The third-order valence-corrected chi connectivity index (χ3v) is 7.74. The Hall–Kier alpha value is -2.45. The molecular formula is C23H29FN2O4S. The van der Waals surface area contributed by atoms with Crippen LogP contribution in [0.4, 0.5) is 4.39 Å². The number of amides is 1. The van der Waals surface area contributed by atoms with Gasteiger partial charge in [-0.05, 0) is 67.6 Å². The van der Waals surface area contributed by atoms with Gasteiger partial charge in [-0.3, -0.25) is 4.79 Å². The van der Waals surface area contributed by atoms with Crippen LogP contribution in [0.3, 0.4) is 0 Å². The van der Waals surface area contributed by atoms with Crippen molar-refractivity contribution in [3.05, 3.63) is 59.4 Å². The molecule has 1 fully saturated rings. The van der Waals surface area contributed by atoms with E-state index >= 15 is 0 Å². The first-order valence-corrected chi connectivity index (χ1v) is 11.9. The molecule has 1 amide bonds. The lowest BCUT2D eigenvalue weighted by Crippen LogP contribution is -2.43. The van der Waals surface area contributed by atoms with Crippen LogP contribution in [0.15, 0.2) is 47.4 Å². The number of halogens is 1. The fourth-order valence-corrected chi connectivity index (χ4v) is 5.41. The summed E-state index contributed by atoms with van der Waals surface area (Å²) in [5, 5.41) is 3.12. The number of hydrogen-bond donors (Lipinski definition) is 1. The minimum absolute atomic E-state index is 0.0563. The Labute approximate surface area is 183 Å². The highest BCUT2D eigenvalue weighted by Crippen LogP contribution is 2.27. The molecule has 31 heavy (non-hydrogen) atoms. The minimum Gasteiger partial charge on any atom is -0.496 e. The largest absolute Gasteiger partial charge is 0.496 e. The van der Waals surface area contributed by atoms with Gasteiger partial charge in [0, 0.05) is 19.0 Å². The molecule has 0 unspecified atom stereocenters. The van der Waals surface area contributed by atoms with Crippen LogP contribution in [0.2, 0.25) is 0 Å². The number of carbonyl (C=O) groups is 1. The standard InChI is InChI=1S/C23H29FN2O4S/c1-4-21(18-5-10-22(30-3)16(2)15-18)25-23(27)17-11-13-26(14-12-17)31(28,29)20-8-6-19(24)7-9-20/h5-10,15,17,21H,4,11-14H2,1-3H3,(H,25,27)/t21-/m0/s1. The number of nitrogens with one attached hydrogen (secondary N) is 1. The van der Waals surface area contributed by atoms with Crippen LogP contribution in [-0.2, 0) is 14.8 Å². The van der Waals surface area contributed by atoms with Crippen molar-refractivity contribution < 1.29 is 22.3 Å². The second kappa shape index (κ2) is 9.78. The molecule has 0 aliphatic carbocycles. The van der Waals surface area contributed by atoms with Crippen molar-refractivity contribution >= 4 is 15.9 Å². The van der Waals surface area contributed by atoms with E-state index in [1.807, 2.05) is 32.0 Å².